The molecule has 35 heavy (non-hydrogen) atoms. The summed E-state index contributed by atoms with van der Waals surface area (Å²) in [6.45, 7) is 7.14. The van der Waals surface area contributed by atoms with Crippen LogP contribution in [0.1, 0.15) is 84.1 Å². The summed E-state index contributed by atoms with van der Waals surface area (Å²) in [6.07, 6.45) is 6.55. The molecule has 0 amide bonds. The van der Waals surface area contributed by atoms with Gasteiger partial charge in [-0.15, -0.1) is 11.8 Å². The summed E-state index contributed by atoms with van der Waals surface area (Å²) in [5.41, 5.74) is 1.27. The van der Waals surface area contributed by atoms with Crippen molar-refractivity contribution in [2.75, 3.05) is 18.1 Å². The highest BCUT2D eigenvalue weighted by Gasteiger charge is 2.54. The third kappa shape index (κ3) is 9.21. The average molecular weight is 527 g/mol. The van der Waals surface area contributed by atoms with E-state index in [0.29, 0.717) is 19.4 Å². The molecule has 6 nitrogen and oxygen atoms in total. The lowest BCUT2D eigenvalue weighted by Gasteiger charge is -2.32. The first-order valence-corrected chi connectivity index (χ1v) is 14.9. The number of para-hydroxylation sites is 1. The number of thioether (sulfide) groups is 2. The average Bonchev–Trinajstić information content (AvgIpc) is 3.16. The second-order valence-electron chi connectivity index (χ2n) is 9.20. The van der Waals surface area contributed by atoms with Gasteiger partial charge < -0.3 is 19.7 Å². The summed E-state index contributed by atoms with van der Waals surface area (Å²) in [6, 6.07) is 8.27. The van der Waals surface area contributed by atoms with E-state index < -0.39 is 16.9 Å². The fourth-order valence-electron chi connectivity index (χ4n) is 4.60. The highest BCUT2D eigenvalue weighted by atomic mass is 32.2. The second-order valence-corrected chi connectivity index (χ2v) is 12.1. The molecule has 1 aromatic rings. The normalized spacial score (nSPS) is 21.2. The topological polar surface area (TPSA) is 93.1 Å². The zero-order chi connectivity index (χ0) is 25.7. The minimum absolute atomic E-state index is 0.00834. The molecule has 0 spiro atoms. The molecule has 0 saturated carbocycles. The number of ether oxygens (including phenoxy) is 2. The van der Waals surface area contributed by atoms with Crippen LogP contribution in [0.5, 0.6) is 5.75 Å². The van der Waals surface area contributed by atoms with Crippen LogP contribution in [0.25, 0.3) is 0 Å². The first-order chi connectivity index (χ1) is 16.8. The van der Waals surface area contributed by atoms with Gasteiger partial charge in [-0.1, -0.05) is 45.4 Å². The van der Waals surface area contributed by atoms with Gasteiger partial charge in [0.25, 0.3) is 0 Å². The third-order valence-electron chi connectivity index (χ3n) is 6.52. The van der Waals surface area contributed by atoms with E-state index >= 15 is 0 Å². The molecule has 0 radical (unpaired) electrons. The number of hydrogen-bond donors (Lipinski definition) is 2. The van der Waals surface area contributed by atoms with Crippen LogP contribution in [0.15, 0.2) is 24.3 Å². The molecule has 0 aliphatic carbocycles. The predicted molar refractivity (Wildman–Crippen MR) is 145 cm³/mol. The van der Waals surface area contributed by atoms with Crippen LogP contribution in [-0.4, -0.2) is 56.0 Å². The highest BCUT2D eigenvalue weighted by Crippen LogP contribution is 2.57. The summed E-state index contributed by atoms with van der Waals surface area (Å²) >= 11 is 3.61. The van der Waals surface area contributed by atoms with Gasteiger partial charge in [0.05, 0.1) is 17.5 Å². The molecule has 8 heteroatoms. The predicted octanol–water partition coefficient (Wildman–Crippen LogP) is 6.65. The molecule has 2 atom stereocenters. The maximum atomic E-state index is 11.3. The Labute approximate surface area is 218 Å². The van der Waals surface area contributed by atoms with Crippen molar-refractivity contribution < 1.29 is 29.3 Å². The van der Waals surface area contributed by atoms with E-state index in [1.54, 1.807) is 11.8 Å². The minimum Gasteiger partial charge on any atom is -0.493 e. The standard InChI is InChI=1S/C27H42O6S2/c1-4-11-21-12-7-8-13-22(21)32-18-9-10-19-34-20-26(6-3)23(5-2)33-27(35-26,16-14-24(28)29)17-15-25(30)31/h7-8,12-13,23H,4-6,9-11,14-20H2,1-3H3,(H,28,29)(H,30,31). The lowest BCUT2D eigenvalue weighted by atomic mass is 9.98. The van der Waals surface area contributed by atoms with Gasteiger partial charge in [0.2, 0.25) is 0 Å². The van der Waals surface area contributed by atoms with Crippen molar-refractivity contribution in [1.82, 2.24) is 0 Å². The summed E-state index contributed by atoms with van der Waals surface area (Å²) in [5, 5.41) is 18.5. The molecule has 198 valence electrons. The maximum absolute atomic E-state index is 11.3. The maximum Gasteiger partial charge on any atom is 0.303 e. The highest BCUT2D eigenvalue weighted by molar-refractivity contribution is 8.04. The Morgan fingerprint density at radius 1 is 1.09 bits per heavy atom. The molecule has 1 heterocycles. The van der Waals surface area contributed by atoms with E-state index in [-0.39, 0.29) is 23.7 Å². The Balaban J connectivity index is 1.87. The Hall–Kier alpha value is -1.38. The molecule has 0 aromatic heterocycles. The number of rotatable bonds is 18. The quantitative estimate of drug-likeness (QED) is 0.205. The molecule has 1 fully saturated rings. The summed E-state index contributed by atoms with van der Waals surface area (Å²) < 4.78 is 12.4. The zero-order valence-electron chi connectivity index (χ0n) is 21.4. The van der Waals surface area contributed by atoms with E-state index in [1.165, 1.54) is 5.56 Å². The molecule has 1 saturated heterocycles. The summed E-state index contributed by atoms with van der Waals surface area (Å²) in [5.74, 6) is 1.18. The van der Waals surface area contributed by atoms with E-state index in [9.17, 15) is 19.8 Å². The van der Waals surface area contributed by atoms with Gasteiger partial charge in [0.1, 0.15) is 10.7 Å². The Morgan fingerprint density at radius 2 is 1.77 bits per heavy atom. The lowest BCUT2D eigenvalue weighted by Crippen LogP contribution is -2.37. The van der Waals surface area contributed by atoms with Gasteiger partial charge >= 0.3 is 11.9 Å². The van der Waals surface area contributed by atoms with Crippen molar-refractivity contribution in [3.63, 3.8) is 0 Å². The van der Waals surface area contributed by atoms with Crippen LogP contribution in [0.4, 0.5) is 0 Å². The smallest absolute Gasteiger partial charge is 0.303 e. The molecular formula is C27H42O6S2. The van der Waals surface area contributed by atoms with Crippen molar-refractivity contribution in [3.8, 4) is 5.75 Å². The van der Waals surface area contributed by atoms with Gasteiger partial charge in [0, 0.05) is 18.6 Å². The van der Waals surface area contributed by atoms with Gasteiger partial charge in [-0.05, 0) is 62.3 Å². The molecule has 2 unspecified atom stereocenters. The van der Waals surface area contributed by atoms with Crippen LogP contribution < -0.4 is 4.74 Å². The molecule has 2 N–H and O–H groups in total. The molecule has 1 aliphatic rings. The van der Waals surface area contributed by atoms with Crippen molar-refractivity contribution in [2.45, 2.75) is 101 Å². The molecular weight excluding hydrogens is 484 g/mol. The van der Waals surface area contributed by atoms with Crippen LogP contribution in [0.2, 0.25) is 0 Å². The second kappa shape index (κ2) is 15.0. The van der Waals surface area contributed by atoms with Crippen molar-refractivity contribution in [3.05, 3.63) is 29.8 Å². The number of carbonyl (C=O) groups is 2. The number of benzene rings is 1. The third-order valence-corrected chi connectivity index (χ3v) is 9.98. The number of aryl methyl sites for hydroxylation is 1. The first-order valence-electron chi connectivity index (χ1n) is 12.9. The van der Waals surface area contributed by atoms with Gasteiger partial charge in [0.15, 0.2) is 0 Å². The van der Waals surface area contributed by atoms with Crippen LogP contribution >= 0.6 is 23.5 Å². The number of aliphatic carboxylic acids is 2. The summed E-state index contributed by atoms with van der Waals surface area (Å²) in [7, 11) is 0. The van der Waals surface area contributed by atoms with E-state index in [2.05, 4.69) is 32.9 Å². The number of carboxylic acids is 2. The Morgan fingerprint density at radius 3 is 2.37 bits per heavy atom. The Kier molecular flexibility index (Phi) is 12.8. The first kappa shape index (κ1) is 29.8. The van der Waals surface area contributed by atoms with E-state index in [1.807, 2.05) is 23.9 Å². The van der Waals surface area contributed by atoms with E-state index in [4.69, 9.17) is 9.47 Å². The largest absolute Gasteiger partial charge is 0.493 e. The van der Waals surface area contributed by atoms with Gasteiger partial charge in [-0.25, -0.2) is 0 Å². The molecule has 1 aliphatic heterocycles. The zero-order valence-corrected chi connectivity index (χ0v) is 23.1. The summed E-state index contributed by atoms with van der Waals surface area (Å²) in [4.78, 5) is 21.8. The van der Waals surface area contributed by atoms with Crippen molar-refractivity contribution in [2.24, 2.45) is 0 Å². The Bertz CT molecular complexity index is 784. The molecule has 1 aromatic carbocycles. The SMILES string of the molecule is CCCc1ccccc1OCCCCSCC1(CC)SC(CCC(=O)O)(CCC(=O)O)OC1CC. The van der Waals surface area contributed by atoms with Crippen LogP contribution in [-0.2, 0) is 20.7 Å². The van der Waals surface area contributed by atoms with Gasteiger partial charge in [-0.2, -0.15) is 11.8 Å². The number of hydrogen-bond acceptors (Lipinski definition) is 6. The fourth-order valence-corrected chi connectivity index (χ4v) is 8.18. The fraction of sp³-hybridized carbons (Fsp3) is 0.704. The minimum atomic E-state index is -0.875. The molecule has 2 rings (SSSR count). The van der Waals surface area contributed by atoms with Crippen LogP contribution in [0.3, 0.4) is 0 Å². The molecule has 0 bridgehead atoms. The van der Waals surface area contributed by atoms with Gasteiger partial charge in [-0.3, -0.25) is 9.59 Å². The number of unbranched alkanes of at least 4 members (excludes halogenated alkanes) is 1. The van der Waals surface area contributed by atoms with Crippen molar-refractivity contribution >= 4 is 35.5 Å². The van der Waals surface area contributed by atoms with Crippen molar-refractivity contribution in [1.29, 1.82) is 0 Å². The van der Waals surface area contributed by atoms with E-state index in [0.717, 1.165) is 55.8 Å². The number of carboxylic acid groups (broad SMARTS) is 2. The lowest BCUT2D eigenvalue weighted by molar-refractivity contribution is -0.139. The monoisotopic (exact) mass is 526 g/mol. The van der Waals surface area contributed by atoms with Crippen LogP contribution in [0, 0.1) is 0 Å².